The zero-order chi connectivity index (χ0) is 16.0. The summed E-state index contributed by atoms with van der Waals surface area (Å²) in [6, 6.07) is 3.11. The molecule has 0 aliphatic carbocycles. The summed E-state index contributed by atoms with van der Waals surface area (Å²) in [5, 5.41) is 22.8. The van der Waals surface area contributed by atoms with Gasteiger partial charge in [-0.25, -0.2) is 9.18 Å². The number of hydrogen-bond donors (Lipinski definition) is 4. The third-order valence-corrected chi connectivity index (χ3v) is 2.57. The Morgan fingerprint density at radius 1 is 1.38 bits per heavy atom. The van der Waals surface area contributed by atoms with E-state index in [0.29, 0.717) is 5.69 Å². The zero-order valence-electron chi connectivity index (χ0n) is 11.8. The molecule has 0 aliphatic heterocycles. The lowest BCUT2D eigenvalue weighted by atomic mass is 10.2. The van der Waals surface area contributed by atoms with E-state index in [9.17, 15) is 19.1 Å². The number of nitrogens with one attached hydrogen (secondary N) is 2. The highest BCUT2D eigenvalue weighted by Crippen LogP contribution is 2.20. The molecule has 8 heteroatoms. The number of urea groups is 1. The molecule has 116 valence electrons. The van der Waals surface area contributed by atoms with E-state index in [4.69, 9.17) is 5.11 Å². The summed E-state index contributed by atoms with van der Waals surface area (Å²) in [5.74, 6) is -0.976. The number of likely N-dealkylation sites (N-methyl/N-ethyl adjacent to an activating group) is 1. The maximum atomic E-state index is 13.6. The maximum absolute atomic E-state index is 13.6. The fourth-order valence-electron chi connectivity index (χ4n) is 1.57. The molecule has 0 fully saturated rings. The average Bonchev–Trinajstić information content (AvgIpc) is 2.41. The molecule has 21 heavy (non-hydrogen) atoms. The van der Waals surface area contributed by atoms with Crippen LogP contribution in [0.5, 0.6) is 0 Å². The van der Waals surface area contributed by atoms with Gasteiger partial charge in [0.2, 0.25) is 5.91 Å². The standard InChI is InChI=1S/C13H18FN3O4/c1-8(19)15-9-3-4-11(14)12(5-9)16-13(21)17(2)6-10(20)7-18/h3-5,10,18,20H,6-7H2,1-2H3,(H,15,19)(H,16,21)/t10-/m0/s1. The van der Waals surface area contributed by atoms with Crippen molar-refractivity contribution in [1.29, 1.82) is 0 Å². The lowest BCUT2D eigenvalue weighted by molar-refractivity contribution is -0.114. The van der Waals surface area contributed by atoms with Gasteiger partial charge in [-0.3, -0.25) is 4.79 Å². The fourth-order valence-corrected chi connectivity index (χ4v) is 1.57. The Labute approximate surface area is 121 Å². The van der Waals surface area contributed by atoms with Crippen molar-refractivity contribution in [1.82, 2.24) is 4.90 Å². The van der Waals surface area contributed by atoms with E-state index in [1.807, 2.05) is 0 Å². The van der Waals surface area contributed by atoms with Crippen molar-refractivity contribution < 1.29 is 24.2 Å². The largest absolute Gasteiger partial charge is 0.394 e. The van der Waals surface area contributed by atoms with Crippen LogP contribution in [0.25, 0.3) is 0 Å². The number of carbonyl (C=O) groups is 2. The van der Waals surface area contributed by atoms with Gasteiger partial charge >= 0.3 is 6.03 Å². The topological polar surface area (TPSA) is 102 Å². The molecule has 0 saturated heterocycles. The fraction of sp³-hybridized carbons (Fsp3) is 0.385. The summed E-state index contributed by atoms with van der Waals surface area (Å²) in [4.78, 5) is 23.9. The predicted octanol–water partition coefficient (Wildman–Crippen LogP) is 0.601. The Morgan fingerprint density at radius 3 is 2.62 bits per heavy atom. The Hall–Kier alpha value is -2.19. The molecule has 0 spiro atoms. The van der Waals surface area contributed by atoms with Crippen molar-refractivity contribution in [3.05, 3.63) is 24.0 Å². The minimum absolute atomic E-state index is 0.100. The Bertz CT molecular complexity index is 524. The normalized spacial score (nSPS) is 11.7. The van der Waals surface area contributed by atoms with Gasteiger partial charge in [0, 0.05) is 19.7 Å². The number of nitrogens with zero attached hydrogens (tertiary/aromatic N) is 1. The lowest BCUT2D eigenvalue weighted by Crippen LogP contribution is -2.38. The quantitative estimate of drug-likeness (QED) is 0.639. The summed E-state index contributed by atoms with van der Waals surface area (Å²) in [6.07, 6.45) is -1.07. The van der Waals surface area contributed by atoms with Crippen LogP contribution in [0.1, 0.15) is 6.92 Å². The second kappa shape index (κ2) is 7.55. The van der Waals surface area contributed by atoms with Gasteiger partial charge in [-0.05, 0) is 18.2 Å². The van der Waals surface area contributed by atoms with Gasteiger partial charge in [0.25, 0.3) is 0 Å². The molecule has 1 aromatic rings. The summed E-state index contributed by atoms with van der Waals surface area (Å²) in [5.41, 5.74) is 0.244. The summed E-state index contributed by atoms with van der Waals surface area (Å²) in [6.45, 7) is 0.727. The number of aliphatic hydroxyl groups excluding tert-OH is 2. The first-order chi connectivity index (χ1) is 9.83. The molecule has 0 aliphatic rings. The average molecular weight is 299 g/mol. The number of amides is 3. The van der Waals surface area contributed by atoms with Crippen molar-refractivity contribution in [2.75, 3.05) is 30.8 Å². The van der Waals surface area contributed by atoms with E-state index >= 15 is 0 Å². The molecule has 7 nitrogen and oxygen atoms in total. The molecule has 0 aromatic heterocycles. The van der Waals surface area contributed by atoms with Crippen LogP contribution in [0.3, 0.4) is 0 Å². The molecule has 0 radical (unpaired) electrons. The van der Waals surface area contributed by atoms with Crippen LogP contribution in [0.15, 0.2) is 18.2 Å². The van der Waals surface area contributed by atoms with E-state index in [1.54, 1.807) is 0 Å². The SMILES string of the molecule is CC(=O)Nc1ccc(F)c(NC(=O)N(C)C[C@H](O)CO)c1. The van der Waals surface area contributed by atoms with E-state index < -0.39 is 24.6 Å². The minimum atomic E-state index is -1.07. The predicted molar refractivity (Wildman–Crippen MR) is 75.4 cm³/mol. The van der Waals surface area contributed by atoms with E-state index in [-0.39, 0.29) is 18.1 Å². The van der Waals surface area contributed by atoms with Crippen molar-refractivity contribution in [2.45, 2.75) is 13.0 Å². The van der Waals surface area contributed by atoms with Gasteiger partial charge in [-0.1, -0.05) is 0 Å². The van der Waals surface area contributed by atoms with Crippen molar-refractivity contribution in [2.24, 2.45) is 0 Å². The molecule has 4 N–H and O–H groups in total. The summed E-state index contributed by atoms with van der Waals surface area (Å²) < 4.78 is 13.6. The maximum Gasteiger partial charge on any atom is 0.321 e. The number of aliphatic hydroxyl groups is 2. The number of benzene rings is 1. The summed E-state index contributed by atoms with van der Waals surface area (Å²) >= 11 is 0. The smallest absolute Gasteiger partial charge is 0.321 e. The zero-order valence-corrected chi connectivity index (χ0v) is 11.8. The van der Waals surface area contributed by atoms with Crippen LogP contribution in [0.2, 0.25) is 0 Å². The van der Waals surface area contributed by atoms with Crippen LogP contribution in [-0.4, -0.2) is 53.4 Å². The Morgan fingerprint density at radius 2 is 2.05 bits per heavy atom. The summed E-state index contributed by atoms with van der Waals surface area (Å²) in [7, 11) is 1.39. The van der Waals surface area contributed by atoms with E-state index in [1.165, 1.54) is 26.1 Å². The highest BCUT2D eigenvalue weighted by molar-refractivity contribution is 5.92. The molecule has 1 atom stereocenters. The highest BCUT2D eigenvalue weighted by atomic mass is 19.1. The van der Waals surface area contributed by atoms with Crippen LogP contribution in [0.4, 0.5) is 20.6 Å². The molecular formula is C13H18FN3O4. The minimum Gasteiger partial charge on any atom is -0.394 e. The molecule has 0 saturated carbocycles. The van der Waals surface area contributed by atoms with Crippen molar-refractivity contribution in [3.8, 4) is 0 Å². The van der Waals surface area contributed by atoms with Crippen LogP contribution in [-0.2, 0) is 4.79 Å². The monoisotopic (exact) mass is 299 g/mol. The Balaban J connectivity index is 2.77. The second-order valence-corrected chi connectivity index (χ2v) is 4.52. The molecule has 1 aromatic carbocycles. The molecular weight excluding hydrogens is 281 g/mol. The molecule has 0 bridgehead atoms. The number of hydrogen-bond acceptors (Lipinski definition) is 4. The third-order valence-electron chi connectivity index (χ3n) is 2.57. The number of rotatable bonds is 5. The first kappa shape index (κ1) is 16.9. The molecule has 0 unspecified atom stereocenters. The van der Waals surface area contributed by atoms with Crippen LogP contribution in [0, 0.1) is 5.82 Å². The number of carbonyl (C=O) groups excluding carboxylic acids is 2. The highest BCUT2D eigenvalue weighted by Gasteiger charge is 2.15. The number of anilines is 2. The van der Waals surface area contributed by atoms with Crippen LogP contribution >= 0.6 is 0 Å². The van der Waals surface area contributed by atoms with Crippen molar-refractivity contribution in [3.63, 3.8) is 0 Å². The van der Waals surface area contributed by atoms with Crippen LogP contribution < -0.4 is 10.6 Å². The first-order valence-electron chi connectivity index (χ1n) is 6.21. The van der Waals surface area contributed by atoms with Gasteiger partial charge in [0.1, 0.15) is 5.82 Å². The van der Waals surface area contributed by atoms with Gasteiger partial charge in [0.05, 0.1) is 24.9 Å². The Kier molecular flexibility index (Phi) is 6.07. The van der Waals surface area contributed by atoms with Gasteiger partial charge in [-0.2, -0.15) is 0 Å². The van der Waals surface area contributed by atoms with Gasteiger partial charge < -0.3 is 25.7 Å². The lowest BCUT2D eigenvalue weighted by Gasteiger charge is -2.20. The van der Waals surface area contributed by atoms with E-state index in [0.717, 1.165) is 11.0 Å². The van der Waals surface area contributed by atoms with Crippen molar-refractivity contribution >= 4 is 23.3 Å². The number of halogens is 1. The van der Waals surface area contributed by atoms with E-state index in [2.05, 4.69) is 10.6 Å². The third kappa shape index (κ3) is 5.36. The molecule has 3 amide bonds. The molecule has 1 rings (SSSR count). The second-order valence-electron chi connectivity index (χ2n) is 4.52. The van der Waals surface area contributed by atoms with Gasteiger partial charge in [-0.15, -0.1) is 0 Å². The first-order valence-corrected chi connectivity index (χ1v) is 6.21. The molecule has 0 heterocycles. The van der Waals surface area contributed by atoms with Gasteiger partial charge in [0.15, 0.2) is 0 Å².